The second-order valence-electron chi connectivity index (χ2n) is 4.25. The van der Waals surface area contributed by atoms with Crippen LogP contribution in [-0.2, 0) is 6.42 Å². The molecular formula is C16H18ClNO. The SMILES string of the molecule is CCc1ccc(OCCNc2ccccc2Cl)cc1. The van der Waals surface area contributed by atoms with E-state index in [0.717, 1.165) is 29.4 Å². The molecule has 0 fully saturated rings. The van der Waals surface area contributed by atoms with Crippen LogP contribution in [0.4, 0.5) is 5.69 Å². The van der Waals surface area contributed by atoms with Gasteiger partial charge in [0.25, 0.3) is 0 Å². The third-order valence-electron chi connectivity index (χ3n) is 2.89. The van der Waals surface area contributed by atoms with Gasteiger partial charge in [-0.05, 0) is 36.2 Å². The van der Waals surface area contributed by atoms with Crippen LogP contribution in [0.1, 0.15) is 12.5 Å². The predicted molar refractivity (Wildman–Crippen MR) is 81.3 cm³/mol. The zero-order chi connectivity index (χ0) is 13.5. The molecule has 0 aliphatic carbocycles. The van der Waals surface area contributed by atoms with Gasteiger partial charge in [-0.2, -0.15) is 0 Å². The number of ether oxygens (including phenoxy) is 1. The fourth-order valence-corrected chi connectivity index (χ4v) is 1.98. The molecule has 2 nitrogen and oxygen atoms in total. The minimum Gasteiger partial charge on any atom is -0.492 e. The molecular weight excluding hydrogens is 258 g/mol. The molecule has 0 radical (unpaired) electrons. The molecule has 1 N–H and O–H groups in total. The van der Waals surface area contributed by atoms with Gasteiger partial charge >= 0.3 is 0 Å². The minimum absolute atomic E-state index is 0.608. The molecule has 0 unspecified atom stereocenters. The van der Waals surface area contributed by atoms with Crippen LogP contribution < -0.4 is 10.1 Å². The normalized spacial score (nSPS) is 10.2. The summed E-state index contributed by atoms with van der Waals surface area (Å²) >= 11 is 6.05. The fraction of sp³-hybridized carbons (Fsp3) is 0.250. The topological polar surface area (TPSA) is 21.3 Å². The van der Waals surface area contributed by atoms with Crippen molar-refractivity contribution in [2.45, 2.75) is 13.3 Å². The molecule has 0 aliphatic heterocycles. The Morgan fingerprint density at radius 1 is 1.05 bits per heavy atom. The Balaban J connectivity index is 1.76. The van der Waals surface area contributed by atoms with Crippen LogP contribution in [0.15, 0.2) is 48.5 Å². The maximum Gasteiger partial charge on any atom is 0.119 e. The van der Waals surface area contributed by atoms with Gasteiger partial charge in [0.05, 0.1) is 10.7 Å². The van der Waals surface area contributed by atoms with Gasteiger partial charge in [-0.25, -0.2) is 0 Å². The van der Waals surface area contributed by atoms with Gasteiger partial charge < -0.3 is 10.1 Å². The second-order valence-corrected chi connectivity index (χ2v) is 4.66. The quantitative estimate of drug-likeness (QED) is 0.789. The minimum atomic E-state index is 0.608. The van der Waals surface area contributed by atoms with E-state index in [2.05, 4.69) is 24.4 Å². The zero-order valence-electron chi connectivity index (χ0n) is 11.0. The first kappa shape index (κ1) is 13.8. The van der Waals surface area contributed by atoms with Crippen LogP contribution in [0.2, 0.25) is 5.02 Å². The lowest BCUT2D eigenvalue weighted by Crippen LogP contribution is -2.11. The highest BCUT2D eigenvalue weighted by atomic mass is 35.5. The highest BCUT2D eigenvalue weighted by molar-refractivity contribution is 6.33. The van der Waals surface area contributed by atoms with Crippen molar-refractivity contribution in [2.24, 2.45) is 0 Å². The maximum atomic E-state index is 6.05. The number of anilines is 1. The molecule has 3 heteroatoms. The summed E-state index contributed by atoms with van der Waals surface area (Å²) in [6, 6.07) is 15.9. The number of para-hydroxylation sites is 1. The number of hydrogen-bond donors (Lipinski definition) is 1. The zero-order valence-corrected chi connectivity index (χ0v) is 11.8. The molecule has 0 aliphatic rings. The Morgan fingerprint density at radius 2 is 1.79 bits per heavy atom. The van der Waals surface area contributed by atoms with Crippen LogP contribution in [0.5, 0.6) is 5.75 Å². The molecule has 19 heavy (non-hydrogen) atoms. The van der Waals surface area contributed by atoms with Crippen LogP contribution in [0.25, 0.3) is 0 Å². The molecule has 100 valence electrons. The third kappa shape index (κ3) is 4.18. The number of rotatable bonds is 6. The number of benzene rings is 2. The Labute approximate surface area is 119 Å². The molecule has 0 bridgehead atoms. The van der Waals surface area contributed by atoms with Crippen molar-refractivity contribution >= 4 is 17.3 Å². The van der Waals surface area contributed by atoms with Crippen molar-refractivity contribution in [1.29, 1.82) is 0 Å². The van der Waals surface area contributed by atoms with Gasteiger partial charge in [-0.3, -0.25) is 0 Å². The lowest BCUT2D eigenvalue weighted by atomic mass is 10.2. The molecule has 0 saturated carbocycles. The van der Waals surface area contributed by atoms with E-state index in [-0.39, 0.29) is 0 Å². The Bertz CT molecular complexity index is 510. The van der Waals surface area contributed by atoms with Gasteiger partial charge in [0, 0.05) is 6.54 Å². The van der Waals surface area contributed by atoms with E-state index in [1.807, 2.05) is 36.4 Å². The average molecular weight is 276 g/mol. The average Bonchev–Trinajstić information content (AvgIpc) is 2.46. The molecule has 0 saturated heterocycles. The summed E-state index contributed by atoms with van der Waals surface area (Å²) < 4.78 is 5.66. The van der Waals surface area contributed by atoms with E-state index in [4.69, 9.17) is 16.3 Å². The summed E-state index contributed by atoms with van der Waals surface area (Å²) in [6.45, 7) is 3.47. The summed E-state index contributed by atoms with van der Waals surface area (Å²) in [5, 5.41) is 3.98. The molecule has 0 atom stereocenters. The Hall–Kier alpha value is -1.67. The van der Waals surface area contributed by atoms with E-state index in [9.17, 15) is 0 Å². The van der Waals surface area contributed by atoms with Crippen molar-refractivity contribution in [3.8, 4) is 5.75 Å². The second kappa shape index (κ2) is 7.05. The van der Waals surface area contributed by atoms with Gasteiger partial charge in [0.15, 0.2) is 0 Å². The summed E-state index contributed by atoms with van der Waals surface area (Å²) in [6.07, 6.45) is 1.05. The standard InChI is InChI=1S/C16H18ClNO/c1-2-13-7-9-14(10-8-13)19-12-11-18-16-6-4-3-5-15(16)17/h3-10,18H,2,11-12H2,1H3. The summed E-state index contributed by atoms with van der Waals surface area (Å²) in [4.78, 5) is 0. The molecule has 0 spiro atoms. The van der Waals surface area contributed by atoms with Crippen molar-refractivity contribution < 1.29 is 4.74 Å². The van der Waals surface area contributed by atoms with E-state index < -0.39 is 0 Å². The van der Waals surface area contributed by atoms with Crippen LogP contribution >= 0.6 is 11.6 Å². The smallest absolute Gasteiger partial charge is 0.119 e. The van der Waals surface area contributed by atoms with Crippen molar-refractivity contribution in [2.75, 3.05) is 18.5 Å². The van der Waals surface area contributed by atoms with Crippen LogP contribution in [0, 0.1) is 0 Å². The van der Waals surface area contributed by atoms with E-state index in [1.165, 1.54) is 5.56 Å². The molecule has 2 rings (SSSR count). The lowest BCUT2D eigenvalue weighted by molar-refractivity contribution is 0.333. The third-order valence-corrected chi connectivity index (χ3v) is 3.22. The first-order valence-corrected chi connectivity index (χ1v) is 6.87. The van der Waals surface area contributed by atoms with Crippen molar-refractivity contribution in [3.63, 3.8) is 0 Å². The lowest BCUT2D eigenvalue weighted by Gasteiger charge is -2.10. The molecule has 2 aromatic carbocycles. The van der Waals surface area contributed by atoms with E-state index >= 15 is 0 Å². The number of nitrogens with one attached hydrogen (secondary N) is 1. The monoisotopic (exact) mass is 275 g/mol. The molecule has 0 aromatic heterocycles. The summed E-state index contributed by atoms with van der Waals surface area (Å²) in [7, 11) is 0. The Morgan fingerprint density at radius 3 is 2.47 bits per heavy atom. The molecule has 2 aromatic rings. The molecule has 0 heterocycles. The number of hydrogen-bond acceptors (Lipinski definition) is 2. The van der Waals surface area contributed by atoms with Crippen LogP contribution in [0.3, 0.4) is 0 Å². The maximum absolute atomic E-state index is 6.05. The first-order valence-electron chi connectivity index (χ1n) is 6.49. The highest BCUT2D eigenvalue weighted by Gasteiger charge is 1.98. The van der Waals surface area contributed by atoms with Gasteiger partial charge in [-0.15, -0.1) is 0 Å². The summed E-state index contributed by atoms with van der Waals surface area (Å²) in [5.74, 6) is 0.901. The van der Waals surface area contributed by atoms with Crippen molar-refractivity contribution in [3.05, 3.63) is 59.1 Å². The highest BCUT2D eigenvalue weighted by Crippen LogP contribution is 2.20. The van der Waals surface area contributed by atoms with Gasteiger partial charge in [-0.1, -0.05) is 42.8 Å². The van der Waals surface area contributed by atoms with E-state index in [0.29, 0.717) is 6.61 Å². The largest absolute Gasteiger partial charge is 0.492 e. The number of aryl methyl sites for hydroxylation is 1. The fourth-order valence-electron chi connectivity index (χ4n) is 1.78. The molecule has 0 amide bonds. The Kier molecular flexibility index (Phi) is 5.10. The summed E-state index contributed by atoms with van der Waals surface area (Å²) in [5.41, 5.74) is 2.26. The first-order chi connectivity index (χ1) is 9.29. The van der Waals surface area contributed by atoms with E-state index in [1.54, 1.807) is 0 Å². The van der Waals surface area contributed by atoms with Gasteiger partial charge in [0.1, 0.15) is 12.4 Å². The number of halogens is 1. The van der Waals surface area contributed by atoms with Gasteiger partial charge in [0.2, 0.25) is 0 Å². The predicted octanol–water partition coefficient (Wildman–Crippen LogP) is 4.39. The van der Waals surface area contributed by atoms with Crippen molar-refractivity contribution in [1.82, 2.24) is 0 Å². The van der Waals surface area contributed by atoms with Crippen LogP contribution in [-0.4, -0.2) is 13.2 Å².